The van der Waals surface area contributed by atoms with Crippen LogP contribution in [0.1, 0.15) is 50.0 Å². The zero-order valence-electron chi connectivity index (χ0n) is 12.7. The highest BCUT2D eigenvalue weighted by Gasteiger charge is 2.40. The Morgan fingerprint density at radius 3 is 2.76 bits per heavy atom. The molecule has 6 nitrogen and oxygen atoms in total. The molecule has 0 aromatic carbocycles. The Morgan fingerprint density at radius 1 is 1.33 bits per heavy atom. The number of aryl methyl sites for hydroxylation is 2. The Hall–Kier alpha value is -1.56. The molecule has 21 heavy (non-hydrogen) atoms. The van der Waals surface area contributed by atoms with Gasteiger partial charge in [0.2, 0.25) is 0 Å². The van der Waals surface area contributed by atoms with E-state index in [-0.39, 0.29) is 17.7 Å². The Labute approximate surface area is 124 Å². The fraction of sp³-hybridized carbons (Fsp3) is 0.733. The van der Waals surface area contributed by atoms with Gasteiger partial charge in [-0.2, -0.15) is 0 Å². The number of hydrogen-bond acceptors (Lipinski definition) is 4. The van der Waals surface area contributed by atoms with Crippen molar-refractivity contribution in [1.29, 1.82) is 0 Å². The van der Waals surface area contributed by atoms with Crippen molar-refractivity contribution >= 4 is 11.7 Å². The second-order valence-electron chi connectivity index (χ2n) is 6.23. The highest BCUT2D eigenvalue weighted by molar-refractivity contribution is 5.90. The molecule has 2 amide bonds. The van der Waals surface area contributed by atoms with Crippen LogP contribution in [0, 0.1) is 13.8 Å². The van der Waals surface area contributed by atoms with Gasteiger partial charge in [0.15, 0.2) is 5.76 Å². The molecule has 0 radical (unpaired) electrons. The van der Waals surface area contributed by atoms with Crippen molar-refractivity contribution in [2.75, 3.05) is 11.9 Å². The maximum Gasteiger partial charge on any atom is 0.319 e. The average Bonchev–Trinajstić information content (AvgIpc) is 3.01. The molecule has 1 saturated heterocycles. The van der Waals surface area contributed by atoms with E-state index in [4.69, 9.17) is 9.26 Å². The lowest BCUT2D eigenvalue weighted by atomic mass is 9.89. The lowest BCUT2D eigenvalue weighted by Crippen LogP contribution is -2.48. The fourth-order valence-electron chi connectivity index (χ4n) is 3.52. The van der Waals surface area contributed by atoms with Gasteiger partial charge >= 0.3 is 6.03 Å². The highest BCUT2D eigenvalue weighted by atomic mass is 16.5. The van der Waals surface area contributed by atoms with Crippen LogP contribution in [0.4, 0.5) is 10.5 Å². The topological polar surface area (TPSA) is 76.4 Å². The van der Waals surface area contributed by atoms with E-state index in [1.54, 1.807) is 6.92 Å². The predicted molar refractivity (Wildman–Crippen MR) is 78.3 cm³/mol. The molecule has 6 heteroatoms. The summed E-state index contributed by atoms with van der Waals surface area (Å²) >= 11 is 0. The van der Waals surface area contributed by atoms with Crippen molar-refractivity contribution in [3.63, 3.8) is 0 Å². The van der Waals surface area contributed by atoms with Gasteiger partial charge in [0.1, 0.15) is 11.4 Å². The van der Waals surface area contributed by atoms with Crippen LogP contribution >= 0.6 is 0 Å². The Kier molecular flexibility index (Phi) is 3.89. The molecule has 1 spiro atoms. The summed E-state index contributed by atoms with van der Waals surface area (Å²) < 4.78 is 11.0. The quantitative estimate of drug-likeness (QED) is 0.879. The number of anilines is 1. The minimum atomic E-state index is -0.190. The summed E-state index contributed by atoms with van der Waals surface area (Å²) in [7, 11) is 0. The molecule has 1 aliphatic heterocycles. The molecule has 0 bridgehead atoms. The number of amides is 2. The van der Waals surface area contributed by atoms with E-state index in [0.29, 0.717) is 17.1 Å². The number of rotatable bonds is 2. The monoisotopic (exact) mass is 293 g/mol. The van der Waals surface area contributed by atoms with Crippen LogP contribution in [-0.2, 0) is 4.74 Å². The summed E-state index contributed by atoms with van der Waals surface area (Å²) in [5.41, 5.74) is 1.37. The van der Waals surface area contributed by atoms with E-state index in [0.717, 1.165) is 32.3 Å². The number of ether oxygens (including phenoxy) is 1. The molecule has 2 N–H and O–H groups in total. The van der Waals surface area contributed by atoms with Crippen LogP contribution in [0.2, 0.25) is 0 Å². The molecule has 1 aliphatic carbocycles. The van der Waals surface area contributed by atoms with E-state index in [1.807, 2.05) is 6.92 Å². The van der Waals surface area contributed by atoms with Gasteiger partial charge in [0.05, 0.1) is 5.60 Å². The van der Waals surface area contributed by atoms with Crippen molar-refractivity contribution in [1.82, 2.24) is 10.5 Å². The molecule has 2 fully saturated rings. The number of hydrogen-bond donors (Lipinski definition) is 2. The lowest BCUT2D eigenvalue weighted by molar-refractivity contribution is -0.0818. The van der Waals surface area contributed by atoms with Crippen LogP contribution < -0.4 is 10.6 Å². The van der Waals surface area contributed by atoms with Gasteiger partial charge in [-0.3, -0.25) is 0 Å². The summed E-state index contributed by atoms with van der Waals surface area (Å²) in [4.78, 5) is 12.2. The fourth-order valence-corrected chi connectivity index (χ4v) is 3.52. The van der Waals surface area contributed by atoms with Crippen molar-refractivity contribution < 1.29 is 14.1 Å². The SMILES string of the molecule is Cc1noc(C)c1NC(=O)NC1CCOC2(CCCC2)C1. The van der Waals surface area contributed by atoms with Gasteiger partial charge in [-0.15, -0.1) is 0 Å². The van der Waals surface area contributed by atoms with E-state index < -0.39 is 0 Å². The minimum absolute atomic E-state index is 0.0131. The van der Waals surface area contributed by atoms with Crippen LogP contribution in [0.3, 0.4) is 0 Å². The van der Waals surface area contributed by atoms with E-state index in [1.165, 1.54) is 12.8 Å². The van der Waals surface area contributed by atoms with Gasteiger partial charge in [-0.25, -0.2) is 4.79 Å². The van der Waals surface area contributed by atoms with Gasteiger partial charge in [-0.1, -0.05) is 18.0 Å². The van der Waals surface area contributed by atoms with E-state index in [2.05, 4.69) is 15.8 Å². The van der Waals surface area contributed by atoms with Gasteiger partial charge in [0, 0.05) is 12.6 Å². The first-order valence-corrected chi connectivity index (χ1v) is 7.72. The summed E-state index contributed by atoms with van der Waals surface area (Å²) in [5.74, 6) is 0.627. The first-order chi connectivity index (χ1) is 10.1. The second-order valence-corrected chi connectivity index (χ2v) is 6.23. The molecular formula is C15H23N3O3. The van der Waals surface area contributed by atoms with Crippen LogP contribution in [0.5, 0.6) is 0 Å². The molecule has 1 unspecified atom stereocenters. The maximum atomic E-state index is 12.2. The highest BCUT2D eigenvalue weighted by Crippen LogP contribution is 2.39. The molecule has 1 aromatic heterocycles. The first-order valence-electron chi connectivity index (χ1n) is 7.72. The smallest absolute Gasteiger partial charge is 0.319 e. The molecule has 116 valence electrons. The predicted octanol–water partition coefficient (Wildman–Crippen LogP) is 2.90. The lowest BCUT2D eigenvalue weighted by Gasteiger charge is -2.38. The van der Waals surface area contributed by atoms with Crippen molar-refractivity contribution in [2.45, 2.75) is 64.0 Å². The largest absolute Gasteiger partial charge is 0.375 e. The maximum absolute atomic E-state index is 12.2. The Morgan fingerprint density at radius 2 is 2.10 bits per heavy atom. The number of carbonyl (C=O) groups is 1. The number of urea groups is 1. The normalized spacial score (nSPS) is 24.2. The van der Waals surface area contributed by atoms with Crippen LogP contribution in [0.15, 0.2) is 4.52 Å². The van der Waals surface area contributed by atoms with E-state index >= 15 is 0 Å². The standard InChI is InChI=1S/C15H23N3O3/c1-10-13(11(2)21-18-10)17-14(19)16-12-5-8-20-15(9-12)6-3-4-7-15/h12H,3-9H2,1-2H3,(H2,16,17,19). The van der Waals surface area contributed by atoms with Gasteiger partial charge < -0.3 is 19.9 Å². The van der Waals surface area contributed by atoms with Gasteiger partial charge in [-0.05, 0) is 39.5 Å². The molecule has 3 rings (SSSR count). The summed E-state index contributed by atoms with van der Waals surface area (Å²) in [6.07, 6.45) is 6.50. The Balaban J connectivity index is 1.57. The molecule has 2 heterocycles. The third-order valence-corrected chi connectivity index (χ3v) is 4.61. The second kappa shape index (κ2) is 5.67. The third-order valence-electron chi connectivity index (χ3n) is 4.61. The molecular weight excluding hydrogens is 270 g/mol. The van der Waals surface area contributed by atoms with Crippen LogP contribution in [0.25, 0.3) is 0 Å². The zero-order chi connectivity index (χ0) is 14.9. The van der Waals surface area contributed by atoms with Crippen LogP contribution in [-0.4, -0.2) is 29.4 Å². The number of nitrogens with one attached hydrogen (secondary N) is 2. The summed E-state index contributed by atoms with van der Waals surface area (Å²) in [6, 6.07) is -0.0123. The summed E-state index contributed by atoms with van der Waals surface area (Å²) in [6.45, 7) is 4.34. The minimum Gasteiger partial charge on any atom is -0.375 e. The van der Waals surface area contributed by atoms with Crippen molar-refractivity contribution in [3.05, 3.63) is 11.5 Å². The molecule has 1 atom stereocenters. The van der Waals surface area contributed by atoms with Crippen molar-refractivity contribution in [2.24, 2.45) is 0 Å². The average molecular weight is 293 g/mol. The third kappa shape index (κ3) is 3.05. The number of carbonyl (C=O) groups excluding carboxylic acids is 1. The molecule has 1 saturated carbocycles. The van der Waals surface area contributed by atoms with Gasteiger partial charge in [0.25, 0.3) is 0 Å². The molecule has 1 aromatic rings. The first kappa shape index (κ1) is 14.4. The van der Waals surface area contributed by atoms with Crippen molar-refractivity contribution in [3.8, 4) is 0 Å². The van der Waals surface area contributed by atoms with E-state index in [9.17, 15) is 4.79 Å². The Bertz CT molecular complexity index is 501. The number of nitrogens with zero attached hydrogens (tertiary/aromatic N) is 1. The molecule has 2 aliphatic rings. The summed E-state index contributed by atoms with van der Waals surface area (Å²) in [5, 5.41) is 9.74. The number of aromatic nitrogens is 1. The zero-order valence-corrected chi connectivity index (χ0v) is 12.7.